The number of nitrogens with zero attached hydrogens (tertiary/aromatic N) is 3. The van der Waals surface area contributed by atoms with Crippen molar-refractivity contribution in [2.24, 2.45) is 4.99 Å². The van der Waals surface area contributed by atoms with E-state index in [9.17, 15) is 22.8 Å². The second kappa shape index (κ2) is 11.9. The van der Waals surface area contributed by atoms with Crippen molar-refractivity contribution in [1.29, 1.82) is 0 Å². The zero-order valence-electron chi connectivity index (χ0n) is 21.5. The van der Waals surface area contributed by atoms with Crippen LogP contribution in [0.2, 0.25) is 0 Å². The quantitative estimate of drug-likeness (QED) is 0.487. The average Bonchev–Trinajstić information content (AvgIpc) is 3.24. The molecule has 0 spiro atoms. The normalized spacial score (nSPS) is 20.3. The van der Waals surface area contributed by atoms with Gasteiger partial charge < -0.3 is 19.7 Å². The molecule has 1 aromatic rings. The van der Waals surface area contributed by atoms with E-state index in [0.29, 0.717) is 48.4 Å². The van der Waals surface area contributed by atoms with E-state index in [4.69, 9.17) is 9.47 Å². The maximum absolute atomic E-state index is 13.2. The molecule has 1 atom stereocenters. The largest absolute Gasteiger partial charge is 0.459 e. The van der Waals surface area contributed by atoms with E-state index in [1.807, 2.05) is 0 Å². The Hall–Kier alpha value is -2.83. The molecule has 1 fully saturated rings. The van der Waals surface area contributed by atoms with Crippen LogP contribution in [0.3, 0.4) is 0 Å². The molecule has 0 radical (unpaired) electrons. The first-order chi connectivity index (χ1) is 18.0. The number of allylic oxidation sites excluding steroid dienone is 1. The van der Waals surface area contributed by atoms with Gasteiger partial charge in [-0.15, -0.1) is 0 Å². The second-order valence-corrected chi connectivity index (χ2v) is 10.3. The lowest BCUT2D eigenvalue weighted by Crippen LogP contribution is -2.42. The molecule has 0 saturated carbocycles. The first kappa shape index (κ1) is 28.2. The number of aliphatic imine (C=N–C) groups is 1. The zero-order chi connectivity index (χ0) is 27.4. The van der Waals surface area contributed by atoms with Crippen molar-refractivity contribution >= 4 is 28.8 Å². The SMILES string of the molecule is CC1=C(C(=O)OC(C)C)C(c2ccc(C(F)(F)F)cc2)N2C(CC(=O)NCCN3CCOCC3)=CSC2=N1. The fourth-order valence-corrected chi connectivity index (χ4v) is 5.45. The third kappa shape index (κ3) is 6.59. The summed E-state index contributed by atoms with van der Waals surface area (Å²) >= 11 is 1.31. The van der Waals surface area contributed by atoms with Gasteiger partial charge in [0.05, 0.1) is 48.6 Å². The van der Waals surface area contributed by atoms with E-state index in [1.54, 1.807) is 31.1 Å². The summed E-state index contributed by atoms with van der Waals surface area (Å²) < 4.78 is 50.5. The van der Waals surface area contributed by atoms with E-state index in [2.05, 4.69) is 15.2 Å². The summed E-state index contributed by atoms with van der Waals surface area (Å²) in [6, 6.07) is 3.90. The Morgan fingerprint density at radius 2 is 1.89 bits per heavy atom. The molecule has 1 amide bonds. The highest BCUT2D eigenvalue weighted by Crippen LogP contribution is 2.45. The first-order valence-corrected chi connectivity index (χ1v) is 13.3. The molecular weight excluding hydrogens is 521 g/mol. The molecule has 1 unspecified atom stereocenters. The molecule has 3 aliphatic rings. The topological polar surface area (TPSA) is 83.5 Å². The minimum absolute atomic E-state index is 0.0256. The minimum Gasteiger partial charge on any atom is -0.459 e. The van der Waals surface area contributed by atoms with Crippen LogP contribution < -0.4 is 5.32 Å². The van der Waals surface area contributed by atoms with Gasteiger partial charge in [0.25, 0.3) is 0 Å². The van der Waals surface area contributed by atoms with Gasteiger partial charge in [-0.3, -0.25) is 9.69 Å². The summed E-state index contributed by atoms with van der Waals surface area (Å²) in [5.74, 6) is -0.800. The number of carbonyl (C=O) groups is 2. The monoisotopic (exact) mass is 552 g/mol. The van der Waals surface area contributed by atoms with Crippen molar-refractivity contribution < 1.29 is 32.2 Å². The van der Waals surface area contributed by atoms with Crippen LogP contribution in [0.15, 0.2) is 51.6 Å². The van der Waals surface area contributed by atoms with Crippen molar-refractivity contribution in [3.8, 4) is 0 Å². The molecule has 1 aromatic carbocycles. The minimum atomic E-state index is -4.49. The van der Waals surface area contributed by atoms with Crippen LogP contribution >= 0.6 is 11.8 Å². The molecule has 1 saturated heterocycles. The number of hydrogen-bond acceptors (Lipinski definition) is 8. The van der Waals surface area contributed by atoms with E-state index >= 15 is 0 Å². The van der Waals surface area contributed by atoms with E-state index in [0.717, 1.165) is 25.2 Å². The third-order valence-electron chi connectivity index (χ3n) is 6.31. The van der Waals surface area contributed by atoms with Gasteiger partial charge in [-0.1, -0.05) is 23.9 Å². The van der Waals surface area contributed by atoms with E-state index in [-0.39, 0.29) is 17.9 Å². The highest BCUT2D eigenvalue weighted by atomic mass is 32.2. The van der Waals surface area contributed by atoms with Gasteiger partial charge in [-0.2, -0.15) is 13.2 Å². The molecule has 3 heterocycles. The number of carbonyl (C=O) groups excluding carboxylic acids is 2. The number of nitrogens with one attached hydrogen (secondary N) is 1. The molecule has 0 aliphatic carbocycles. The molecule has 4 rings (SSSR count). The zero-order valence-corrected chi connectivity index (χ0v) is 22.3. The molecule has 8 nitrogen and oxygen atoms in total. The van der Waals surface area contributed by atoms with Crippen molar-refractivity contribution in [2.45, 2.75) is 45.5 Å². The molecule has 206 valence electrons. The predicted molar refractivity (Wildman–Crippen MR) is 138 cm³/mol. The van der Waals surface area contributed by atoms with Crippen molar-refractivity contribution in [2.75, 3.05) is 39.4 Å². The third-order valence-corrected chi connectivity index (χ3v) is 7.20. The Balaban J connectivity index is 1.56. The first-order valence-electron chi connectivity index (χ1n) is 12.4. The summed E-state index contributed by atoms with van der Waals surface area (Å²) in [7, 11) is 0. The van der Waals surface area contributed by atoms with Gasteiger partial charge in [0, 0.05) is 31.9 Å². The van der Waals surface area contributed by atoms with Gasteiger partial charge in [0.15, 0.2) is 5.17 Å². The van der Waals surface area contributed by atoms with Gasteiger partial charge >= 0.3 is 12.1 Å². The Morgan fingerprint density at radius 3 is 2.53 bits per heavy atom. The van der Waals surface area contributed by atoms with Crippen molar-refractivity contribution in [3.63, 3.8) is 0 Å². The summed E-state index contributed by atoms with van der Waals surface area (Å²) in [5, 5.41) is 5.27. The number of rotatable bonds is 8. The molecule has 0 bridgehead atoms. The summed E-state index contributed by atoms with van der Waals surface area (Å²) in [6.45, 7) is 9.29. The lowest BCUT2D eigenvalue weighted by Gasteiger charge is -2.36. The number of amidine groups is 1. The lowest BCUT2D eigenvalue weighted by molar-refractivity contribution is -0.143. The van der Waals surface area contributed by atoms with Crippen LogP contribution in [-0.2, 0) is 25.2 Å². The predicted octanol–water partition coefficient (Wildman–Crippen LogP) is 4.07. The summed E-state index contributed by atoms with van der Waals surface area (Å²) in [6.07, 6.45) is -4.86. The van der Waals surface area contributed by atoms with Crippen LogP contribution in [0.4, 0.5) is 13.2 Å². The number of morpholine rings is 1. The van der Waals surface area contributed by atoms with Crippen molar-refractivity contribution in [3.05, 3.63) is 57.8 Å². The number of esters is 1. The fraction of sp³-hybridized carbons (Fsp3) is 0.500. The van der Waals surface area contributed by atoms with E-state index in [1.165, 1.54) is 23.9 Å². The molecule has 1 N–H and O–H groups in total. The van der Waals surface area contributed by atoms with Gasteiger partial charge in [-0.05, 0) is 43.9 Å². The van der Waals surface area contributed by atoms with Crippen LogP contribution in [0, 0.1) is 0 Å². The van der Waals surface area contributed by atoms with Crippen LogP contribution in [0.25, 0.3) is 0 Å². The van der Waals surface area contributed by atoms with Crippen LogP contribution in [0.1, 0.15) is 44.4 Å². The molecule has 3 aliphatic heterocycles. The standard InChI is InChI=1S/C26H31F3N4O4S/c1-16(2)37-24(35)22-17(3)31-25-33(23(22)18-4-6-19(7-5-18)26(27,28)29)20(15-38-25)14-21(34)30-8-9-32-10-12-36-13-11-32/h4-7,15-16,23H,8-14H2,1-3H3,(H,30,34). The van der Waals surface area contributed by atoms with Gasteiger partial charge in [0.1, 0.15) is 0 Å². The molecule has 0 aromatic heterocycles. The number of thioether (sulfide) groups is 1. The number of alkyl halides is 3. The summed E-state index contributed by atoms with van der Waals surface area (Å²) in [5.41, 5.74) is 0.919. The molecular formula is C26H31F3N4O4S. The number of benzene rings is 1. The highest BCUT2D eigenvalue weighted by molar-refractivity contribution is 8.16. The van der Waals surface area contributed by atoms with E-state index < -0.39 is 29.9 Å². The Morgan fingerprint density at radius 1 is 1.21 bits per heavy atom. The smallest absolute Gasteiger partial charge is 0.416 e. The maximum atomic E-state index is 13.2. The molecule has 38 heavy (non-hydrogen) atoms. The number of hydrogen-bond donors (Lipinski definition) is 1. The lowest BCUT2D eigenvalue weighted by atomic mass is 9.93. The average molecular weight is 553 g/mol. The Kier molecular flexibility index (Phi) is 8.84. The van der Waals surface area contributed by atoms with Gasteiger partial charge in [0.2, 0.25) is 5.91 Å². The Labute approximate surface area is 223 Å². The number of halogens is 3. The van der Waals surface area contributed by atoms with Crippen LogP contribution in [0.5, 0.6) is 0 Å². The van der Waals surface area contributed by atoms with Crippen molar-refractivity contribution in [1.82, 2.24) is 15.1 Å². The second-order valence-electron chi connectivity index (χ2n) is 9.45. The maximum Gasteiger partial charge on any atom is 0.416 e. The van der Waals surface area contributed by atoms with Gasteiger partial charge in [-0.25, -0.2) is 9.79 Å². The highest BCUT2D eigenvalue weighted by Gasteiger charge is 2.41. The summed E-state index contributed by atoms with van der Waals surface area (Å²) in [4.78, 5) is 34.5. The Bertz CT molecular complexity index is 1140. The number of amides is 1. The van der Waals surface area contributed by atoms with Crippen LogP contribution in [-0.4, -0.2) is 72.3 Å². The molecule has 12 heteroatoms. The number of ether oxygens (including phenoxy) is 2. The fourth-order valence-electron chi connectivity index (χ4n) is 4.48. The number of fused-ring (bicyclic) bond motifs is 1.